The highest BCUT2D eigenvalue weighted by molar-refractivity contribution is 5.95. The zero-order valence-electron chi connectivity index (χ0n) is 22.2. The molecule has 0 radical (unpaired) electrons. The van der Waals surface area contributed by atoms with Crippen molar-refractivity contribution < 1.29 is 0 Å². The second-order valence-electron chi connectivity index (χ2n) is 10.5. The normalized spacial score (nSPS) is 16.6. The SMILES string of the molecule is CC.Cc1ccc2c(c1)C1(c3cc(N)ccc3-c3ccc(C(C)C)cc31)c1cc(C(C)C)ccc1-2. The predicted molar refractivity (Wildman–Crippen MR) is 151 cm³/mol. The predicted octanol–water partition coefficient (Wildman–Crippen LogP) is 9.19. The largest absolute Gasteiger partial charge is 0.399 e. The van der Waals surface area contributed by atoms with Gasteiger partial charge in [-0.05, 0) is 86.5 Å². The molecule has 0 saturated carbocycles. The Kier molecular flexibility index (Phi) is 5.63. The molecule has 1 atom stereocenters. The Morgan fingerprint density at radius 2 is 0.943 bits per heavy atom. The van der Waals surface area contributed by atoms with Crippen molar-refractivity contribution in [1.82, 2.24) is 0 Å². The van der Waals surface area contributed by atoms with Gasteiger partial charge in [-0.2, -0.15) is 0 Å². The molecule has 35 heavy (non-hydrogen) atoms. The Bertz CT molecular complexity index is 1330. The van der Waals surface area contributed by atoms with Crippen molar-refractivity contribution in [3.63, 3.8) is 0 Å². The van der Waals surface area contributed by atoms with Crippen LogP contribution in [0.25, 0.3) is 22.3 Å². The van der Waals surface area contributed by atoms with Crippen LogP contribution in [0.3, 0.4) is 0 Å². The standard InChI is InChI=1S/C32H31N.C2H6/c1-18(2)21-7-11-25-24-10-6-20(5)14-28(24)32(29(25)15-21)30-16-22(19(3)4)8-12-26(30)27-13-9-23(33)17-31(27)32;1-2/h6-19H,33H2,1-5H3;1-2H3. The van der Waals surface area contributed by atoms with E-state index in [9.17, 15) is 0 Å². The van der Waals surface area contributed by atoms with E-state index in [1.54, 1.807) is 0 Å². The lowest BCUT2D eigenvalue weighted by Gasteiger charge is -2.32. The van der Waals surface area contributed by atoms with E-state index in [0.29, 0.717) is 11.8 Å². The molecule has 1 nitrogen and oxygen atoms in total. The molecule has 0 aromatic heterocycles. The molecule has 0 heterocycles. The molecule has 1 spiro atoms. The summed E-state index contributed by atoms with van der Waals surface area (Å²) in [6.45, 7) is 15.3. The summed E-state index contributed by atoms with van der Waals surface area (Å²) in [7, 11) is 0. The number of hydrogen-bond donors (Lipinski definition) is 1. The van der Waals surface area contributed by atoms with E-state index in [-0.39, 0.29) is 5.41 Å². The number of fused-ring (bicyclic) bond motifs is 10. The minimum atomic E-state index is -0.327. The van der Waals surface area contributed by atoms with Crippen molar-refractivity contribution in [2.45, 2.75) is 65.7 Å². The van der Waals surface area contributed by atoms with Gasteiger partial charge in [-0.1, -0.05) is 108 Å². The molecule has 4 aromatic rings. The van der Waals surface area contributed by atoms with Crippen LogP contribution in [0, 0.1) is 6.92 Å². The van der Waals surface area contributed by atoms with Gasteiger partial charge in [0, 0.05) is 5.69 Å². The quantitative estimate of drug-likeness (QED) is 0.257. The molecular formula is C34H37N. The van der Waals surface area contributed by atoms with Gasteiger partial charge in [0.25, 0.3) is 0 Å². The van der Waals surface area contributed by atoms with Crippen molar-refractivity contribution in [3.8, 4) is 22.3 Å². The average Bonchev–Trinajstić information content (AvgIpc) is 3.30. The van der Waals surface area contributed by atoms with E-state index >= 15 is 0 Å². The number of aryl methyl sites for hydroxylation is 1. The molecule has 6 rings (SSSR count). The fourth-order valence-corrected chi connectivity index (χ4v) is 6.11. The van der Waals surface area contributed by atoms with Crippen molar-refractivity contribution in [2.24, 2.45) is 0 Å². The number of benzene rings is 4. The summed E-state index contributed by atoms with van der Waals surface area (Å²) in [4.78, 5) is 0. The van der Waals surface area contributed by atoms with Crippen LogP contribution in [-0.2, 0) is 5.41 Å². The molecule has 1 unspecified atom stereocenters. The zero-order valence-corrected chi connectivity index (χ0v) is 22.2. The van der Waals surface area contributed by atoms with Crippen LogP contribution in [0.5, 0.6) is 0 Å². The molecule has 178 valence electrons. The molecule has 0 bridgehead atoms. The number of nitrogens with two attached hydrogens (primary N) is 1. The van der Waals surface area contributed by atoms with E-state index in [4.69, 9.17) is 5.73 Å². The minimum absolute atomic E-state index is 0.327. The summed E-state index contributed by atoms with van der Waals surface area (Å²) in [5, 5.41) is 0. The van der Waals surface area contributed by atoms with Crippen LogP contribution in [0.2, 0.25) is 0 Å². The first-order chi connectivity index (χ1) is 16.8. The summed E-state index contributed by atoms with van der Waals surface area (Å²) in [6.07, 6.45) is 0. The van der Waals surface area contributed by atoms with Gasteiger partial charge in [0.2, 0.25) is 0 Å². The zero-order chi connectivity index (χ0) is 25.1. The van der Waals surface area contributed by atoms with Crippen molar-refractivity contribution in [2.75, 3.05) is 5.73 Å². The molecular weight excluding hydrogens is 422 g/mol. The van der Waals surface area contributed by atoms with Gasteiger partial charge in [0.1, 0.15) is 0 Å². The molecule has 2 aliphatic carbocycles. The number of anilines is 1. The summed E-state index contributed by atoms with van der Waals surface area (Å²) >= 11 is 0. The lowest BCUT2D eigenvalue weighted by atomic mass is 9.69. The van der Waals surface area contributed by atoms with E-state index in [1.165, 1.54) is 61.2 Å². The molecule has 2 aliphatic rings. The Morgan fingerprint density at radius 3 is 1.43 bits per heavy atom. The van der Waals surface area contributed by atoms with Crippen LogP contribution >= 0.6 is 0 Å². The Hall–Kier alpha value is -3.32. The molecule has 4 aromatic carbocycles. The van der Waals surface area contributed by atoms with E-state index in [2.05, 4.69) is 107 Å². The first kappa shape index (κ1) is 23.4. The molecule has 0 aliphatic heterocycles. The monoisotopic (exact) mass is 459 g/mol. The smallest absolute Gasteiger partial charge is 0.0726 e. The van der Waals surface area contributed by atoms with Gasteiger partial charge < -0.3 is 5.73 Å². The highest BCUT2D eigenvalue weighted by Crippen LogP contribution is 2.63. The summed E-state index contributed by atoms with van der Waals surface area (Å²) in [6, 6.07) is 27.7. The minimum Gasteiger partial charge on any atom is -0.399 e. The Morgan fingerprint density at radius 1 is 0.543 bits per heavy atom. The number of hydrogen-bond acceptors (Lipinski definition) is 1. The second-order valence-corrected chi connectivity index (χ2v) is 10.5. The maximum Gasteiger partial charge on any atom is 0.0726 e. The van der Waals surface area contributed by atoms with Crippen LogP contribution in [0.1, 0.15) is 92.3 Å². The Balaban J connectivity index is 0.00000124. The van der Waals surface area contributed by atoms with Crippen LogP contribution < -0.4 is 5.73 Å². The Labute approximate surface area is 211 Å². The van der Waals surface area contributed by atoms with E-state index < -0.39 is 0 Å². The first-order valence-electron chi connectivity index (χ1n) is 13.1. The van der Waals surface area contributed by atoms with Crippen molar-refractivity contribution in [3.05, 3.63) is 112 Å². The maximum atomic E-state index is 6.44. The number of rotatable bonds is 2. The van der Waals surface area contributed by atoms with Crippen molar-refractivity contribution >= 4 is 5.69 Å². The van der Waals surface area contributed by atoms with Crippen LogP contribution in [0.15, 0.2) is 72.8 Å². The summed E-state index contributed by atoms with van der Waals surface area (Å²) in [5.74, 6) is 0.946. The van der Waals surface area contributed by atoms with Gasteiger partial charge in [-0.15, -0.1) is 0 Å². The molecule has 0 saturated heterocycles. The third-order valence-corrected chi connectivity index (χ3v) is 7.84. The fourth-order valence-electron chi connectivity index (χ4n) is 6.11. The maximum absolute atomic E-state index is 6.44. The second kappa shape index (κ2) is 8.41. The third-order valence-electron chi connectivity index (χ3n) is 7.84. The van der Waals surface area contributed by atoms with Crippen LogP contribution in [-0.4, -0.2) is 0 Å². The molecule has 0 amide bonds. The van der Waals surface area contributed by atoms with Gasteiger partial charge >= 0.3 is 0 Å². The summed E-state index contributed by atoms with van der Waals surface area (Å²) in [5.41, 5.74) is 21.9. The molecule has 2 N–H and O–H groups in total. The average molecular weight is 460 g/mol. The van der Waals surface area contributed by atoms with Gasteiger partial charge in [0.15, 0.2) is 0 Å². The van der Waals surface area contributed by atoms with Crippen molar-refractivity contribution in [1.29, 1.82) is 0 Å². The topological polar surface area (TPSA) is 26.0 Å². The lowest BCUT2D eigenvalue weighted by Crippen LogP contribution is -2.26. The van der Waals surface area contributed by atoms with Gasteiger partial charge in [0.05, 0.1) is 5.41 Å². The van der Waals surface area contributed by atoms with Gasteiger partial charge in [-0.25, -0.2) is 0 Å². The molecule has 1 heteroatoms. The van der Waals surface area contributed by atoms with Crippen LogP contribution in [0.4, 0.5) is 5.69 Å². The third kappa shape index (κ3) is 3.21. The highest BCUT2D eigenvalue weighted by atomic mass is 14.6. The fraction of sp³-hybridized carbons (Fsp3) is 0.294. The summed E-state index contributed by atoms with van der Waals surface area (Å²) < 4.78 is 0. The lowest BCUT2D eigenvalue weighted by molar-refractivity contribution is 0.776. The van der Waals surface area contributed by atoms with Gasteiger partial charge in [-0.3, -0.25) is 0 Å². The number of nitrogen functional groups attached to an aromatic ring is 1. The molecule has 0 fully saturated rings. The highest BCUT2D eigenvalue weighted by Gasteiger charge is 2.52. The first-order valence-corrected chi connectivity index (χ1v) is 13.1. The van der Waals surface area contributed by atoms with E-state index in [0.717, 1.165) is 5.69 Å². The van der Waals surface area contributed by atoms with E-state index in [1.807, 2.05) is 13.8 Å².